The second kappa shape index (κ2) is 12.9. The van der Waals surface area contributed by atoms with Crippen molar-refractivity contribution in [3.63, 3.8) is 0 Å². The topological polar surface area (TPSA) is 76.6 Å². The lowest BCUT2D eigenvalue weighted by molar-refractivity contribution is 0.101. The molecule has 0 atom stereocenters. The second-order valence-electron chi connectivity index (χ2n) is 8.64. The van der Waals surface area contributed by atoms with E-state index in [-0.39, 0.29) is 5.82 Å². The number of aromatic nitrogens is 2. The van der Waals surface area contributed by atoms with Gasteiger partial charge in [-0.1, -0.05) is 19.9 Å². The van der Waals surface area contributed by atoms with Crippen molar-refractivity contribution in [2.24, 2.45) is 0 Å². The first kappa shape index (κ1) is 27.7. The number of nitrogens with one attached hydrogen (secondary N) is 1. The van der Waals surface area contributed by atoms with E-state index in [9.17, 15) is 13.6 Å². The van der Waals surface area contributed by atoms with E-state index < -0.39 is 17.5 Å². The molecule has 0 saturated heterocycles. The molecule has 39 heavy (non-hydrogen) atoms. The van der Waals surface area contributed by atoms with Crippen LogP contribution in [-0.4, -0.2) is 54.1 Å². The summed E-state index contributed by atoms with van der Waals surface area (Å²) in [5.41, 5.74) is 2.42. The van der Waals surface area contributed by atoms with E-state index in [0.717, 1.165) is 13.1 Å². The summed E-state index contributed by atoms with van der Waals surface area (Å²) < 4.78 is 38.6. The monoisotopic (exact) mass is 532 g/mol. The van der Waals surface area contributed by atoms with Crippen molar-refractivity contribution >= 4 is 11.6 Å². The van der Waals surface area contributed by atoms with Crippen LogP contribution in [0.5, 0.6) is 11.5 Å². The lowest BCUT2D eigenvalue weighted by atomic mass is 10.1. The van der Waals surface area contributed by atoms with Crippen LogP contribution in [0.1, 0.15) is 24.5 Å². The van der Waals surface area contributed by atoms with Crippen molar-refractivity contribution in [3.8, 4) is 34.0 Å². The van der Waals surface area contributed by atoms with E-state index in [4.69, 9.17) is 9.47 Å². The van der Waals surface area contributed by atoms with Gasteiger partial charge in [0.05, 0.1) is 24.2 Å². The summed E-state index contributed by atoms with van der Waals surface area (Å²) in [7, 11) is 1.53. The molecule has 0 aliphatic heterocycles. The number of likely N-dealkylation sites (N-methyl/N-ethyl adjacent to an activating group) is 1. The molecule has 0 radical (unpaired) electrons. The highest BCUT2D eigenvalue weighted by atomic mass is 19.1. The third-order valence-corrected chi connectivity index (χ3v) is 6.20. The number of methoxy groups -OCH3 is 1. The first-order valence-corrected chi connectivity index (χ1v) is 12.7. The SMILES string of the molecule is CCN(CC)CCOc1c(NC(=O)c2nc(-c3ccc(F)cc3)cc(-c3ccc(F)cc3)n2)cccc1OC. The molecule has 0 spiro atoms. The average Bonchev–Trinajstić information content (AvgIpc) is 2.96. The number of hydrogen-bond acceptors (Lipinski definition) is 6. The Hall–Kier alpha value is -4.37. The number of ether oxygens (including phenoxy) is 2. The van der Waals surface area contributed by atoms with E-state index in [1.807, 2.05) is 0 Å². The van der Waals surface area contributed by atoms with Crippen LogP contribution in [0.25, 0.3) is 22.5 Å². The van der Waals surface area contributed by atoms with E-state index in [0.29, 0.717) is 52.9 Å². The minimum Gasteiger partial charge on any atom is -0.493 e. The first-order valence-electron chi connectivity index (χ1n) is 12.7. The minimum atomic E-state index is -0.579. The zero-order chi connectivity index (χ0) is 27.8. The highest BCUT2D eigenvalue weighted by Gasteiger charge is 2.19. The fourth-order valence-corrected chi connectivity index (χ4v) is 4.00. The molecule has 4 rings (SSSR count). The van der Waals surface area contributed by atoms with Gasteiger partial charge in [0.15, 0.2) is 11.5 Å². The maximum Gasteiger partial charge on any atom is 0.293 e. The number of anilines is 1. The van der Waals surface area contributed by atoms with Crippen LogP contribution in [0.2, 0.25) is 0 Å². The van der Waals surface area contributed by atoms with Crippen molar-refractivity contribution in [2.75, 3.05) is 38.7 Å². The smallest absolute Gasteiger partial charge is 0.293 e. The molecule has 1 aromatic heterocycles. The van der Waals surface area contributed by atoms with E-state index >= 15 is 0 Å². The Morgan fingerprint density at radius 2 is 1.44 bits per heavy atom. The van der Waals surface area contributed by atoms with Crippen molar-refractivity contribution in [1.82, 2.24) is 14.9 Å². The zero-order valence-electron chi connectivity index (χ0n) is 22.1. The molecule has 1 N–H and O–H groups in total. The molecule has 1 heterocycles. The van der Waals surface area contributed by atoms with E-state index in [1.165, 1.54) is 31.4 Å². The molecule has 202 valence electrons. The van der Waals surface area contributed by atoms with Crippen molar-refractivity contribution in [1.29, 1.82) is 0 Å². The summed E-state index contributed by atoms with van der Waals surface area (Å²) in [4.78, 5) is 24.6. The van der Waals surface area contributed by atoms with Gasteiger partial charge in [-0.25, -0.2) is 18.7 Å². The number of nitrogens with zero attached hydrogens (tertiary/aromatic N) is 3. The lowest BCUT2D eigenvalue weighted by Gasteiger charge is -2.20. The van der Waals surface area contributed by atoms with Crippen LogP contribution in [0.4, 0.5) is 14.5 Å². The molecule has 9 heteroatoms. The summed E-state index contributed by atoms with van der Waals surface area (Å²) >= 11 is 0. The van der Waals surface area contributed by atoms with Crippen LogP contribution in [0.3, 0.4) is 0 Å². The predicted molar refractivity (Wildman–Crippen MR) is 147 cm³/mol. The Morgan fingerprint density at radius 1 is 0.872 bits per heavy atom. The molecule has 1 amide bonds. The van der Waals surface area contributed by atoms with Crippen molar-refractivity contribution < 1.29 is 23.0 Å². The quantitative estimate of drug-likeness (QED) is 0.253. The normalized spacial score (nSPS) is 10.9. The lowest BCUT2D eigenvalue weighted by Crippen LogP contribution is -2.28. The van der Waals surface area contributed by atoms with E-state index in [1.54, 1.807) is 48.5 Å². The Balaban J connectivity index is 1.67. The van der Waals surface area contributed by atoms with Gasteiger partial charge in [0.25, 0.3) is 5.91 Å². The fraction of sp³-hybridized carbons (Fsp3) is 0.233. The zero-order valence-corrected chi connectivity index (χ0v) is 22.1. The summed E-state index contributed by atoms with van der Waals surface area (Å²) in [6, 6.07) is 18.4. The van der Waals surface area contributed by atoms with Gasteiger partial charge in [-0.2, -0.15) is 0 Å². The summed E-state index contributed by atoms with van der Waals surface area (Å²) in [5.74, 6) is -0.612. The maximum atomic E-state index is 13.5. The molecule has 3 aromatic carbocycles. The molecule has 0 aliphatic rings. The van der Waals surface area contributed by atoms with Gasteiger partial charge in [-0.3, -0.25) is 4.79 Å². The molecular formula is C30H30F2N4O3. The number of rotatable bonds is 11. The summed E-state index contributed by atoms with van der Waals surface area (Å²) in [6.45, 7) is 7.07. The Kier molecular flexibility index (Phi) is 9.17. The maximum absolute atomic E-state index is 13.5. The predicted octanol–water partition coefficient (Wildman–Crippen LogP) is 6.07. The first-order chi connectivity index (χ1) is 18.9. The van der Waals surface area contributed by atoms with Gasteiger partial charge in [-0.05, 0) is 79.8 Å². The number of carbonyl (C=O) groups excluding carboxylic acids is 1. The van der Waals surface area contributed by atoms with Gasteiger partial charge in [0, 0.05) is 17.7 Å². The molecular weight excluding hydrogens is 502 g/mol. The van der Waals surface area contributed by atoms with Crippen molar-refractivity contribution in [3.05, 3.63) is 90.3 Å². The van der Waals surface area contributed by atoms with Gasteiger partial charge in [0.1, 0.15) is 18.2 Å². The average molecular weight is 533 g/mol. The summed E-state index contributed by atoms with van der Waals surface area (Å²) in [6.07, 6.45) is 0. The molecule has 0 bridgehead atoms. The van der Waals surface area contributed by atoms with Crippen LogP contribution in [0.15, 0.2) is 72.8 Å². The minimum absolute atomic E-state index is 0.118. The molecule has 4 aromatic rings. The largest absolute Gasteiger partial charge is 0.493 e. The summed E-state index contributed by atoms with van der Waals surface area (Å²) in [5, 5.41) is 2.84. The standard InChI is InChI=1S/C30H30F2N4O3/c1-4-36(5-2)17-18-39-28-24(7-6-8-27(28)38-3)35-30(37)29-33-25(20-9-13-22(31)14-10-20)19-26(34-29)21-11-15-23(32)16-12-21/h6-16,19H,4-5,17-18H2,1-3H3,(H,35,37). The number of amides is 1. The molecule has 0 saturated carbocycles. The number of carbonyl (C=O) groups is 1. The molecule has 0 fully saturated rings. The molecule has 0 aliphatic carbocycles. The number of benzene rings is 3. The second-order valence-corrected chi connectivity index (χ2v) is 8.64. The number of halogens is 2. The van der Waals surface area contributed by atoms with Gasteiger partial charge in [0.2, 0.25) is 5.82 Å². The van der Waals surface area contributed by atoms with Crippen LogP contribution in [-0.2, 0) is 0 Å². The third-order valence-electron chi connectivity index (χ3n) is 6.20. The van der Waals surface area contributed by atoms with E-state index in [2.05, 4.69) is 34.0 Å². The Morgan fingerprint density at radius 3 is 1.95 bits per heavy atom. The highest BCUT2D eigenvalue weighted by Crippen LogP contribution is 2.35. The van der Waals surface area contributed by atoms with Crippen LogP contribution < -0.4 is 14.8 Å². The Bertz CT molecular complexity index is 1350. The molecule has 0 unspecified atom stereocenters. The van der Waals surface area contributed by atoms with Crippen LogP contribution >= 0.6 is 0 Å². The third kappa shape index (κ3) is 6.94. The molecule has 7 nitrogen and oxygen atoms in total. The van der Waals surface area contributed by atoms with Crippen LogP contribution in [0, 0.1) is 11.6 Å². The van der Waals surface area contributed by atoms with Crippen molar-refractivity contribution in [2.45, 2.75) is 13.8 Å². The number of para-hydroxylation sites is 1. The van der Waals surface area contributed by atoms with Gasteiger partial charge in [-0.15, -0.1) is 0 Å². The van der Waals surface area contributed by atoms with Gasteiger partial charge < -0.3 is 19.7 Å². The highest BCUT2D eigenvalue weighted by molar-refractivity contribution is 6.03. The van der Waals surface area contributed by atoms with Gasteiger partial charge >= 0.3 is 0 Å². The Labute approximate surface area is 226 Å². The fourth-order valence-electron chi connectivity index (χ4n) is 4.00. The number of hydrogen-bond donors (Lipinski definition) is 1.